The molecule has 0 aliphatic carbocycles. The summed E-state index contributed by atoms with van der Waals surface area (Å²) >= 11 is 0. The Bertz CT molecular complexity index is 584. The van der Waals surface area contributed by atoms with Crippen molar-refractivity contribution in [1.29, 1.82) is 0 Å². The van der Waals surface area contributed by atoms with E-state index in [9.17, 15) is 0 Å². The molecule has 0 saturated carbocycles. The summed E-state index contributed by atoms with van der Waals surface area (Å²) in [6.45, 7) is 13.6. The van der Waals surface area contributed by atoms with Crippen molar-refractivity contribution in [3.05, 3.63) is 23.8 Å². The number of halogens is 1. The van der Waals surface area contributed by atoms with Crippen LogP contribution < -0.4 is 20.1 Å². The number of likely N-dealkylation sites (N-methyl/N-ethyl adjacent to an activating group) is 1. The number of nitrogens with one attached hydrogen (secondary N) is 2. The van der Waals surface area contributed by atoms with Crippen molar-refractivity contribution in [1.82, 2.24) is 15.5 Å². The number of nitrogens with zero attached hydrogens (tertiary/aromatic N) is 2. The topological polar surface area (TPSA) is 58.1 Å². The Morgan fingerprint density at radius 3 is 2.32 bits per heavy atom. The zero-order valence-electron chi connectivity index (χ0n) is 18.5. The molecule has 0 spiro atoms. The number of rotatable bonds is 11. The Labute approximate surface area is 188 Å². The van der Waals surface area contributed by atoms with E-state index in [-0.39, 0.29) is 30.0 Å². The summed E-state index contributed by atoms with van der Waals surface area (Å²) in [4.78, 5) is 6.69. The monoisotopic (exact) mass is 506 g/mol. The Morgan fingerprint density at radius 1 is 1.11 bits per heavy atom. The third kappa shape index (κ3) is 8.86. The molecule has 0 bridgehead atoms. The van der Waals surface area contributed by atoms with Gasteiger partial charge in [0.25, 0.3) is 0 Å². The smallest absolute Gasteiger partial charge is 0.191 e. The fourth-order valence-electron chi connectivity index (χ4n) is 2.70. The van der Waals surface area contributed by atoms with Gasteiger partial charge in [-0.2, -0.15) is 0 Å². The van der Waals surface area contributed by atoms with Gasteiger partial charge in [0.1, 0.15) is 0 Å². The van der Waals surface area contributed by atoms with Crippen molar-refractivity contribution >= 4 is 29.9 Å². The van der Waals surface area contributed by atoms with Gasteiger partial charge in [-0.05, 0) is 58.9 Å². The number of hydrogen-bond donors (Lipinski definition) is 2. The van der Waals surface area contributed by atoms with Crippen molar-refractivity contribution in [3.63, 3.8) is 0 Å². The van der Waals surface area contributed by atoms with Crippen LogP contribution in [0.15, 0.2) is 23.2 Å². The van der Waals surface area contributed by atoms with Gasteiger partial charge in [0.05, 0.1) is 19.3 Å². The predicted molar refractivity (Wildman–Crippen MR) is 129 cm³/mol. The van der Waals surface area contributed by atoms with Crippen LogP contribution in [0.2, 0.25) is 0 Å². The minimum absolute atomic E-state index is 0. The average Bonchev–Trinajstić information content (AvgIpc) is 2.67. The molecule has 0 amide bonds. The molecule has 0 aromatic heterocycles. The van der Waals surface area contributed by atoms with Crippen LogP contribution in [0.25, 0.3) is 0 Å². The molecular formula is C21H39IN4O2. The standard InChI is InChI=1S/C21H38N4O2.HI/c1-8-16(4)25(7)14-13-23-21(22-6)24-17(5)18-11-12-19(26-9-2)20(15-18)27-10-3;/h11-12,15-17H,8-10,13-14H2,1-7H3,(H2,22,23,24);1H. The summed E-state index contributed by atoms with van der Waals surface area (Å²) in [7, 11) is 3.95. The molecule has 1 aromatic rings. The Balaban J connectivity index is 0.00000729. The van der Waals surface area contributed by atoms with Gasteiger partial charge in [0.15, 0.2) is 17.5 Å². The molecule has 0 heterocycles. The summed E-state index contributed by atoms with van der Waals surface area (Å²) in [5.41, 5.74) is 1.13. The lowest BCUT2D eigenvalue weighted by atomic mass is 10.1. The normalized spacial score (nSPS) is 13.5. The molecule has 2 unspecified atom stereocenters. The minimum atomic E-state index is 0. The van der Waals surface area contributed by atoms with Gasteiger partial charge in [-0.3, -0.25) is 4.99 Å². The fraction of sp³-hybridized carbons (Fsp3) is 0.667. The maximum absolute atomic E-state index is 5.73. The van der Waals surface area contributed by atoms with Crippen LogP contribution in [-0.4, -0.2) is 57.3 Å². The zero-order valence-corrected chi connectivity index (χ0v) is 20.9. The lowest BCUT2D eigenvalue weighted by molar-refractivity contribution is 0.255. The molecule has 0 fully saturated rings. The second kappa shape index (κ2) is 14.7. The first-order valence-corrected chi connectivity index (χ1v) is 10.0. The third-order valence-corrected chi connectivity index (χ3v) is 4.74. The van der Waals surface area contributed by atoms with Gasteiger partial charge >= 0.3 is 0 Å². The molecule has 2 atom stereocenters. The van der Waals surface area contributed by atoms with Gasteiger partial charge in [-0.15, -0.1) is 24.0 Å². The van der Waals surface area contributed by atoms with Crippen LogP contribution in [-0.2, 0) is 0 Å². The lowest BCUT2D eigenvalue weighted by Gasteiger charge is -2.24. The average molecular weight is 506 g/mol. The highest BCUT2D eigenvalue weighted by atomic mass is 127. The van der Waals surface area contributed by atoms with E-state index in [2.05, 4.69) is 54.4 Å². The van der Waals surface area contributed by atoms with Gasteiger partial charge in [-0.1, -0.05) is 13.0 Å². The van der Waals surface area contributed by atoms with Crippen molar-refractivity contribution in [2.45, 2.75) is 53.1 Å². The molecule has 162 valence electrons. The maximum atomic E-state index is 5.73. The molecule has 1 rings (SSSR count). The van der Waals surface area contributed by atoms with Gasteiger partial charge in [-0.25, -0.2) is 0 Å². The van der Waals surface area contributed by atoms with Crippen LogP contribution in [0.4, 0.5) is 0 Å². The Hall–Kier alpha value is -1.22. The van der Waals surface area contributed by atoms with Crippen molar-refractivity contribution in [2.24, 2.45) is 4.99 Å². The highest BCUT2D eigenvalue weighted by molar-refractivity contribution is 14.0. The van der Waals surface area contributed by atoms with Crippen molar-refractivity contribution in [2.75, 3.05) is 40.4 Å². The molecule has 2 N–H and O–H groups in total. The lowest BCUT2D eigenvalue weighted by Crippen LogP contribution is -2.43. The maximum Gasteiger partial charge on any atom is 0.191 e. The molecular weight excluding hydrogens is 467 g/mol. The molecule has 0 aliphatic heterocycles. The number of benzene rings is 1. The van der Waals surface area contributed by atoms with Crippen LogP contribution in [0.1, 0.15) is 52.6 Å². The Morgan fingerprint density at radius 2 is 1.75 bits per heavy atom. The molecule has 0 saturated heterocycles. The summed E-state index contributed by atoms with van der Waals surface area (Å²) < 4.78 is 11.4. The third-order valence-electron chi connectivity index (χ3n) is 4.74. The van der Waals surface area contributed by atoms with Gasteiger partial charge in [0.2, 0.25) is 0 Å². The van der Waals surface area contributed by atoms with Crippen molar-refractivity contribution in [3.8, 4) is 11.5 Å². The second-order valence-electron chi connectivity index (χ2n) is 6.68. The van der Waals surface area contributed by atoms with E-state index in [4.69, 9.17) is 9.47 Å². The van der Waals surface area contributed by atoms with E-state index in [0.29, 0.717) is 19.3 Å². The highest BCUT2D eigenvalue weighted by Crippen LogP contribution is 2.30. The largest absolute Gasteiger partial charge is 0.490 e. The molecule has 6 nitrogen and oxygen atoms in total. The van der Waals surface area contributed by atoms with Crippen LogP contribution in [0.5, 0.6) is 11.5 Å². The summed E-state index contributed by atoms with van der Waals surface area (Å²) in [5, 5.41) is 6.84. The van der Waals surface area contributed by atoms with E-state index in [1.165, 1.54) is 0 Å². The number of ether oxygens (including phenoxy) is 2. The first kappa shape index (κ1) is 26.8. The first-order valence-electron chi connectivity index (χ1n) is 10.0. The first-order chi connectivity index (χ1) is 13.0. The minimum Gasteiger partial charge on any atom is -0.490 e. The molecule has 0 aliphatic rings. The summed E-state index contributed by atoms with van der Waals surface area (Å²) in [6, 6.07) is 6.75. The summed E-state index contributed by atoms with van der Waals surface area (Å²) in [6.07, 6.45) is 1.15. The quantitative estimate of drug-likeness (QED) is 0.270. The number of aliphatic imine (C=N–C) groups is 1. The highest BCUT2D eigenvalue weighted by Gasteiger charge is 2.13. The fourth-order valence-corrected chi connectivity index (χ4v) is 2.70. The van der Waals surface area contributed by atoms with E-state index in [1.54, 1.807) is 7.05 Å². The second-order valence-corrected chi connectivity index (χ2v) is 6.68. The van der Waals surface area contributed by atoms with Crippen LogP contribution >= 0.6 is 24.0 Å². The zero-order chi connectivity index (χ0) is 20.2. The van der Waals surface area contributed by atoms with E-state index in [0.717, 1.165) is 42.5 Å². The summed E-state index contributed by atoms with van der Waals surface area (Å²) in [5.74, 6) is 2.36. The number of hydrogen-bond acceptors (Lipinski definition) is 4. The van der Waals surface area contributed by atoms with Gasteiger partial charge < -0.3 is 25.0 Å². The van der Waals surface area contributed by atoms with E-state index >= 15 is 0 Å². The predicted octanol–water partition coefficient (Wildman–Crippen LogP) is 4.06. The van der Waals surface area contributed by atoms with Crippen LogP contribution in [0, 0.1) is 0 Å². The molecule has 0 radical (unpaired) electrons. The Kier molecular flexibility index (Phi) is 14.1. The van der Waals surface area contributed by atoms with E-state index < -0.39 is 0 Å². The molecule has 1 aromatic carbocycles. The molecule has 28 heavy (non-hydrogen) atoms. The van der Waals surface area contributed by atoms with Crippen molar-refractivity contribution < 1.29 is 9.47 Å². The van der Waals surface area contributed by atoms with Crippen LogP contribution in [0.3, 0.4) is 0 Å². The SMILES string of the molecule is CCOc1ccc(C(C)NC(=NC)NCCN(C)C(C)CC)cc1OCC.I. The molecule has 7 heteroatoms. The number of guanidine groups is 1. The van der Waals surface area contributed by atoms with Gasteiger partial charge in [0, 0.05) is 26.2 Å². The van der Waals surface area contributed by atoms with E-state index in [1.807, 2.05) is 26.0 Å².